The number of ether oxygens (including phenoxy) is 1. The molecule has 1 fully saturated rings. The fraction of sp³-hybridized carbons (Fsp3) is 0.375. The van der Waals surface area contributed by atoms with Gasteiger partial charge >= 0.3 is 5.97 Å². The molecule has 0 radical (unpaired) electrons. The second-order valence-electron chi connectivity index (χ2n) is 5.35. The third-order valence-corrected chi connectivity index (χ3v) is 5.12. The van der Waals surface area contributed by atoms with Crippen LogP contribution in [0.15, 0.2) is 24.3 Å². The molecule has 0 atom stereocenters. The molecule has 0 unspecified atom stereocenters. The van der Waals surface area contributed by atoms with E-state index in [-0.39, 0.29) is 23.6 Å². The van der Waals surface area contributed by atoms with Crippen molar-refractivity contribution in [1.82, 2.24) is 4.90 Å². The highest BCUT2D eigenvalue weighted by molar-refractivity contribution is 7.20. The number of hydrogen-bond acceptors (Lipinski definition) is 4. The van der Waals surface area contributed by atoms with E-state index in [1.165, 1.54) is 24.5 Å². The van der Waals surface area contributed by atoms with Gasteiger partial charge in [-0.25, -0.2) is 4.39 Å². The van der Waals surface area contributed by atoms with Gasteiger partial charge in [0.1, 0.15) is 5.82 Å². The number of thiophene rings is 1. The topological polar surface area (TPSA) is 46.6 Å². The Morgan fingerprint density at radius 3 is 2.68 bits per heavy atom. The molecule has 3 rings (SSSR count). The standard InChI is InChI=1S/C16H16FNO3S/c1-21-16(20)10-5-7-18(8-6-10)15(19)14-9-11-12(17)3-2-4-13(11)22-14/h2-4,9-10H,5-8H2,1H3. The lowest BCUT2D eigenvalue weighted by Crippen LogP contribution is -2.40. The third kappa shape index (κ3) is 2.70. The third-order valence-electron chi connectivity index (χ3n) is 4.04. The van der Waals surface area contributed by atoms with Crippen molar-refractivity contribution in [3.05, 3.63) is 35.0 Å². The van der Waals surface area contributed by atoms with Crippen molar-refractivity contribution < 1.29 is 18.7 Å². The molecule has 0 bridgehead atoms. The molecule has 22 heavy (non-hydrogen) atoms. The zero-order valence-corrected chi connectivity index (χ0v) is 13.0. The van der Waals surface area contributed by atoms with Crippen molar-refractivity contribution in [2.45, 2.75) is 12.8 Å². The Balaban J connectivity index is 1.74. The molecule has 4 nitrogen and oxygen atoms in total. The molecule has 2 aromatic rings. The van der Waals surface area contributed by atoms with Crippen LogP contribution in [0.3, 0.4) is 0 Å². The van der Waals surface area contributed by atoms with E-state index >= 15 is 0 Å². The first-order chi connectivity index (χ1) is 10.6. The smallest absolute Gasteiger partial charge is 0.308 e. The Kier molecular flexibility index (Phi) is 4.11. The molecule has 0 spiro atoms. The molecule has 1 amide bonds. The van der Waals surface area contributed by atoms with Crippen molar-refractivity contribution in [3.63, 3.8) is 0 Å². The van der Waals surface area contributed by atoms with Gasteiger partial charge in [-0.15, -0.1) is 11.3 Å². The summed E-state index contributed by atoms with van der Waals surface area (Å²) >= 11 is 1.30. The number of carbonyl (C=O) groups is 2. The number of hydrogen-bond donors (Lipinski definition) is 0. The highest BCUT2D eigenvalue weighted by atomic mass is 32.1. The fourth-order valence-electron chi connectivity index (χ4n) is 2.77. The van der Waals surface area contributed by atoms with Crippen LogP contribution >= 0.6 is 11.3 Å². The van der Waals surface area contributed by atoms with Crippen LogP contribution in [0.4, 0.5) is 4.39 Å². The lowest BCUT2D eigenvalue weighted by atomic mass is 9.97. The van der Waals surface area contributed by atoms with Gasteiger partial charge in [-0.05, 0) is 31.0 Å². The van der Waals surface area contributed by atoms with Crippen molar-refractivity contribution in [2.24, 2.45) is 5.92 Å². The van der Waals surface area contributed by atoms with E-state index in [1.54, 1.807) is 17.0 Å². The number of benzene rings is 1. The van der Waals surface area contributed by atoms with Gasteiger partial charge < -0.3 is 9.64 Å². The summed E-state index contributed by atoms with van der Waals surface area (Å²) in [5, 5.41) is 0.486. The minimum atomic E-state index is -0.308. The van der Waals surface area contributed by atoms with Crippen molar-refractivity contribution in [1.29, 1.82) is 0 Å². The van der Waals surface area contributed by atoms with Crippen LogP contribution in [0.5, 0.6) is 0 Å². The predicted octanol–water partition coefficient (Wildman–Crippen LogP) is 3.07. The monoisotopic (exact) mass is 321 g/mol. The van der Waals surface area contributed by atoms with Gasteiger partial charge in [0.15, 0.2) is 0 Å². The Bertz CT molecular complexity index is 719. The zero-order chi connectivity index (χ0) is 15.7. The summed E-state index contributed by atoms with van der Waals surface area (Å²) in [7, 11) is 1.38. The summed E-state index contributed by atoms with van der Waals surface area (Å²) in [6, 6.07) is 6.46. The minimum Gasteiger partial charge on any atom is -0.469 e. The lowest BCUT2D eigenvalue weighted by molar-refractivity contribution is -0.146. The summed E-state index contributed by atoms with van der Waals surface area (Å²) in [4.78, 5) is 26.3. The van der Waals surface area contributed by atoms with Gasteiger partial charge in [-0.3, -0.25) is 9.59 Å². The van der Waals surface area contributed by atoms with Gasteiger partial charge in [0.05, 0.1) is 17.9 Å². The first kappa shape index (κ1) is 15.0. The maximum absolute atomic E-state index is 13.7. The molecule has 116 valence electrons. The van der Waals surface area contributed by atoms with Gasteiger partial charge in [-0.2, -0.15) is 0 Å². The van der Waals surface area contributed by atoms with E-state index in [0.717, 1.165) is 4.70 Å². The van der Waals surface area contributed by atoms with Crippen molar-refractivity contribution in [3.8, 4) is 0 Å². The number of rotatable bonds is 2. The van der Waals surface area contributed by atoms with Crippen LogP contribution in [-0.4, -0.2) is 37.0 Å². The first-order valence-corrected chi connectivity index (χ1v) is 7.97. The number of nitrogens with zero attached hydrogens (tertiary/aromatic N) is 1. The number of esters is 1. The summed E-state index contributed by atoms with van der Waals surface area (Å²) < 4.78 is 19.2. The largest absolute Gasteiger partial charge is 0.469 e. The van der Waals surface area contributed by atoms with E-state index in [9.17, 15) is 14.0 Å². The lowest BCUT2D eigenvalue weighted by Gasteiger charge is -2.30. The highest BCUT2D eigenvalue weighted by Gasteiger charge is 2.29. The Morgan fingerprint density at radius 2 is 2.05 bits per heavy atom. The van der Waals surface area contributed by atoms with Crippen LogP contribution in [-0.2, 0) is 9.53 Å². The molecule has 1 aliphatic rings. The second-order valence-corrected chi connectivity index (χ2v) is 6.44. The summed E-state index contributed by atoms with van der Waals surface area (Å²) in [5.41, 5.74) is 0. The van der Waals surface area contributed by atoms with Gasteiger partial charge in [0.25, 0.3) is 5.91 Å². The molecule has 0 aliphatic carbocycles. The maximum Gasteiger partial charge on any atom is 0.308 e. The van der Waals surface area contributed by atoms with E-state index in [4.69, 9.17) is 4.74 Å². The average Bonchev–Trinajstić information content (AvgIpc) is 2.99. The predicted molar refractivity (Wildman–Crippen MR) is 82.4 cm³/mol. The number of amides is 1. The highest BCUT2D eigenvalue weighted by Crippen LogP contribution is 2.29. The zero-order valence-electron chi connectivity index (χ0n) is 12.2. The quantitative estimate of drug-likeness (QED) is 0.799. The van der Waals surface area contributed by atoms with Gasteiger partial charge in [0.2, 0.25) is 0 Å². The normalized spacial score (nSPS) is 16.0. The molecule has 1 aromatic carbocycles. The number of carbonyl (C=O) groups excluding carboxylic acids is 2. The summed E-state index contributed by atoms with van der Waals surface area (Å²) in [6.45, 7) is 1.05. The summed E-state index contributed by atoms with van der Waals surface area (Å²) in [6.07, 6.45) is 1.22. The van der Waals surface area contributed by atoms with E-state index in [1.807, 2.05) is 6.07 Å². The SMILES string of the molecule is COC(=O)C1CCN(C(=O)c2cc3c(F)cccc3s2)CC1. The van der Waals surface area contributed by atoms with Crippen molar-refractivity contribution in [2.75, 3.05) is 20.2 Å². The Hall–Kier alpha value is -1.95. The molecular weight excluding hydrogens is 305 g/mol. The average molecular weight is 321 g/mol. The Morgan fingerprint density at radius 1 is 1.32 bits per heavy atom. The summed E-state index contributed by atoms with van der Waals surface area (Å²) in [5.74, 6) is -0.744. The molecular formula is C16H16FNO3S. The molecule has 0 saturated carbocycles. The Labute approximate surface area is 131 Å². The van der Waals surface area contributed by atoms with Gasteiger partial charge in [0, 0.05) is 23.2 Å². The molecule has 0 N–H and O–H groups in total. The van der Waals surface area contributed by atoms with Crippen molar-refractivity contribution >= 4 is 33.3 Å². The minimum absolute atomic E-state index is 0.0936. The molecule has 1 aromatic heterocycles. The maximum atomic E-state index is 13.7. The van der Waals surface area contributed by atoms with E-state index < -0.39 is 0 Å². The van der Waals surface area contributed by atoms with E-state index in [2.05, 4.69) is 0 Å². The fourth-order valence-corrected chi connectivity index (χ4v) is 3.81. The number of fused-ring (bicyclic) bond motifs is 1. The molecule has 1 aliphatic heterocycles. The number of piperidine rings is 1. The number of halogens is 1. The first-order valence-electron chi connectivity index (χ1n) is 7.15. The molecule has 1 saturated heterocycles. The van der Waals surface area contributed by atoms with Crippen LogP contribution in [0.25, 0.3) is 10.1 Å². The molecule has 6 heteroatoms. The number of methoxy groups -OCH3 is 1. The number of likely N-dealkylation sites (tertiary alicyclic amines) is 1. The van der Waals surface area contributed by atoms with E-state index in [0.29, 0.717) is 36.2 Å². The molecule has 2 heterocycles. The van der Waals surface area contributed by atoms with Crippen LogP contribution in [0.1, 0.15) is 22.5 Å². The van der Waals surface area contributed by atoms with Crippen LogP contribution in [0.2, 0.25) is 0 Å². The van der Waals surface area contributed by atoms with Gasteiger partial charge in [-0.1, -0.05) is 6.07 Å². The van der Waals surface area contributed by atoms with Crippen LogP contribution < -0.4 is 0 Å². The second kappa shape index (κ2) is 6.04. The van der Waals surface area contributed by atoms with Crippen LogP contribution in [0, 0.1) is 11.7 Å².